The molecule has 1 atom stereocenters. The molecule has 1 heterocycles. The Balaban J connectivity index is 2.84. The van der Waals surface area contributed by atoms with Crippen LogP contribution in [0.2, 0.25) is 0 Å². The molecule has 86 valence electrons. The summed E-state index contributed by atoms with van der Waals surface area (Å²) < 4.78 is 4.96. The van der Waals surface area contributed by atoms with E-state index in [-0.39, 0.29) is 11.9 Å². The maximum atomic E-state index is 10.3. The van der Waals surface area contributed by atoms with E-state index in [0.29, 0.717) is 12.2 Å². The highest BCUT2D eigenvalue weighted by Crippen LogP contribution is 2.21. The zero-order valence-electron chi connectivity index (χ0n) is 9.14. The average molecular weight is 221 g/mol. The minimum atomic E-state index is -0.268. The van der Waals surface area contributed by atoms with Gasteiger partial charge in [-0.15, -0.1) is 0 Å². The van der Waals surface area contributed by atoms with Crippen LogP contribution in [0.5, 0.6) is 0 Å². The number of carbonyl (C=O) groups is 1. The van der Waals surface area contributed by atoms with Crippen molar-refractivity contribution in [2.24, 2.45) is 5.73 Å². The number of carbonyl (C=O) groups excluding carboxylic acids is 1. The Hall–Kier alpha value is -1.91. The Bertz CT molecular complexity index is 362. The van der Waals surface area contributed by atoms with E-state index in [1.165, 1.54) is 0 Å². The summed E-state index contributed by atoms with van der Waals surface area (Å²) in [4.78, 5) is 14.4. The fourth-order valence-electron chi connectivity index (χ4n) is 1.40. The van der Waals surface area contributed by atoms with Crippen LogP contribution in [0.25, 0.3) is 0 Å². The number of ether oxygens (including phenoxy) is 1. The fraction of sp³-hybridized carbons (Fsp3) is 0.364. The Kier molecular flexibility index (Phi) is 4.44. The molecule has 1 aromatic rings. The van der Waals surface area contributed by atoms with Crippen molar-refractivity contribution in [3.8, 4) is 0 Å². The van der Waals surface area contributed by atoms with E-state index >= 15 is 0 Å². The van der Waals surface area contributed by atoms with Crippen molar-refractivity contribution in [1.82, 2.24) is 4.98 Å². The first-order valence-corrected chi connectivity index (χ1v) is 5.08. The molecule has 5 nitrogen and oxygen atoms in total. The van der Waals surface area contributed by atoms with Crippen molar-refractivity contribution >= 4 is 12.3 Å². The maximum absolute atomic E-state index is 10.3. The maximum Gasteiger partial charge on any atom is 0.293 e. The number of pyridine rings is 1. The molecule has 0 spiro atoms. The van der Waals surface area contributed by atoms with Gasteiger partial charge in [0.2, 0.25) is 0 Å². The van der Waals surface area contributed by atoms with E-state index in [9.17, 15) is 4.79 Å². The van der Waals surface area contributed by atoms with Crippen LogP contribution in [-0.4, -0.2) is 17.3 Å². The van der Waals surface area contributed by atoms with Gasteiger partial charge < -0.3 is 10.5 Å². The van der Waals surface area contributed by atoms with E-state index in [4.69, 9.17) is 15.9 Å². The lowest BCUT2D eigenvalue weighted by Gasteiger charge is -2.14. The molecule has 0 amide bonds. The number of rotatable bonds is 6. The van der Waals surface area contributed by atoms with Gasteiger partial charge in [-0.2, -0.15) is 0 Å². The minimum Gasteiger partial charge on any atom is -0.460 e. The molecule has 0 saturated heterocycles. The number of nitrogens with zero attached hydrogens (tertiary/aromatic N) is 1. The monoisotopic (exact) mass is 221 g/mol. The number of nitrogen functional groups attached to an aromatic ring is 1. The first kappa shape index (κ1) is 12.2. The van der Waals surface area contributed by atoms with Gasteiger partial charge in [-0.05, 0) is 12.5 Å². The lowest BCUT2D eigenvalue weighted by Crippen LogP contribution is -2.13. The van der Waals surface area contributed by atoms with Crippen molar-refractivity contribution < 1.29 is 9.53 Å². The van der Waals surface area contributed by atoms with Gasteiger partial charge in [-0.1, -0.05) is 19.4 Å². The Morgan fingerprint density at radius 1 is 1.69 bits per heavy atom. The van der Waals surface area contributed by atoms with E-state index in [1.807, 2.05) is 6.92 Å². The SMILES string of the molecule is CCCC(OC=O)c1ccc(C(=N)N)nc1. The predicted octanol–water partition coefficient (Wildman–Crippen LogP) is 1.38. The second kappa shape index (κ2) is 5.85. The molecule has 0 aliphatic carbocycles. The first-order chi connectivity index (χ1) is 7.69. The number of nitrogens with two attached hydrogens (primary N) is 1. The largest absolute Gasteiger partial charge is 0.460 e. The van der Waals surface area contributed by atoms with E-state index in [2.05, 4.69) is 4.98 Å². The lowest BCUT2D eigenvalue weighted by molar-refractivity contribution is -0.134. The molecule has 3 N–H and O–H groups in total. The summed E-state index contributed by atoms with van der Waals surface area (Å²) in [5, 5.41) is 7.20. The third-order valence-corrected chi connectivity index (χ3v) is 2.20. The van der Waals surface area contributed by atoms with Crippen molar-refractivity contribution in [3.05, 3.63) is 29.6 Å². The zero-order valence-corrected chi connectivity index (χ0v) is 9.14. The van der Waals surface area contributed by atoms with Gasteiger partial charge in [0.25, 0.3) is 6.47 Å². The van der Waals surface area contributed by atoms with Gasteiger partial charge in [0.05, 0.1) is 0 Å². The molecule has 0 aromatic carbocycles. The molecule has 1 rings (SSSR count). The van der Waals surface area contributed by atoms with Crippen LogP contribution in [0, 0.1) is 5.41 Å². The number of nitrogens with one attached hydrogen (secondary N) is 1. The van der Waals surface area contributed by atoms with Gasteiger partial charge >= 0.3 is 0 Å². The number of hydrogen-bond acceptors (Lipinski definition) is 4. The second-order valence-electron chi connectivity index (χ2n) is 3.40. The molecule has 0 aliphatic rings. The zero-order chi connectivity index (χ0) is 12.0. The van der Waals surface area contributed by atoms with E-state index in [1.54, 1.807) is 18.3 Å². The summed E-state index contributed by atoms with van der Waals surface area (Å²) in [7, 11) is 0. The smallest absolute Gasteiger partial charge is 0.293 e. The van der Waals surface area contributed by atoms with Crippen LogP contribution in [0.4, 0.5) is 0 Å². The third-order valence-electron chi connectivity index (χ3n) is 2.20. The highest BCUT2D eigenvalue weighted by Gasteiger charge is 2.11. The molecule has 0 radical (unpaired) electrons. The third kappa shape index (κ3) is 3.05. The van der Waals surface area contributed by atoms with Gasteiger partial charge in [0.15, 0.2) is 0 Å². The molecular formula is C11H15N3O2. The second-order valence-corrected chi connectivity index (χ2v) is 3.40. The van der Waals surface area contributed by atoms with Gasteiger partial charge in [0, 0.05) is 11.8 Å². The summed E-state index contributed by atoms with van der Waals surface area (Å²) in [6, 6.07) is 3.42. The topological polar surface area (TPSA) is 89.1 Å². The highest BCUT2D eigenvalue weighted by molar-refractivity contribution is 5.92. The standard InChI is InChI=1S/C11H15N3O2/c1-2-3-10(16-7-15)8-4-5-9(11(12)13)14-6-8/h4-7,10H,2-3H2,1H3,(H3,12,13). The highest BCUT2D eigenvalue weighted by atomic mass is 16.5. The van der Waals surface area contributed by atoms with Crippen LogP contribution in [0.1, 0.15) is 37.1 Å². The Labute approximate surface area is 94.1 Å². The molecule has 0 saturated carbocycles. The minimum absolute atomic E-state index is 0.0742. The summed E-state index contributed by atoms with van der Waals surface area (Å²) in [5.74, 6) is -0.0742. The van der Waals surface area contributed by atoms with Gasteiger partial charge in [-0.25, -0.2) is 0 Å². The van der Waals surface area contributed by atoms with Gasteiger partial charge in [0.1, 0.15) is 17.6 Å². The fourth-order valence-corrected chi connectivity index (χ4v) is 1.40. The Morgan fingerprint density at radius 2 is 2.44 bits per heavy atom. The van der Waals surface area contributed by atoms with Crippen LogP contribution < -0.4 is 5.73 Å². The molecular weight excluding hydrogens is 206 g/mol. The number of hydrogen-bond donors (Lipinski definition) is 2. The van der Waals surface area contributed by atoms with Crippen LogP contribution >= 0.6 is 0 Å². The Morgan fingerprint density at radius 3 is 2.88 bits per heavy atom. The molecule has 0 aliphatic heterocycles. The quantitative estimate of drug-likeness (QED) is 0.431. The van der Waals surface area contributed by atoms with Crippen molar-refractivity contribution in [1.29, 1.82) is 5.41 Å². The predicted molar refractivity (Wildman–Crippen MR) is 60.1 cm³/mol. The summed E-state index contributed by atoms with van der Waals surface area (Å²) >= 11 is 0. The first-order valence-electron chi connectivity index (χ1n) is 5.08. The van der Waals surface area contributed by atoms with Crippen molar-refractivity contribution in [2.45, 2.75) is 25.9 Å². The summed E-state index contributed by atoms with van der Waals surface area (Å²) in [6.07, 6.45) is 2.98. The number of aromatic nitrogens is 1. The van der Waals surface area contributed by atoms with Crippen LogP contribution in [0.15, 0.2) is 18.3 Å². The van der Waals surface area contributed by atoms with Gasteiger partial charge in [-0.3, -0.25) is 15.2 Å². The molecule has 0 fully saturated rings. The normalized spacial score (nSPS) is 11.8. The van der Waals surface area contributed by atoms with Crippen LogP contribution in [0.3, 0.4) is 0 Å². The lowest BCUT2D eigenvalue weighted by atomic mass is 10.1. The molecule has 5 heteroatoms. The molecule has 16 heavy (non-hydrogen) atoms. The summed E-state index contributed by atoms with van der Waals surface area (Å²) in [5.41, 5.74) is 6.53. The van der Waals surface area contributed by atoms with E-state index < -0.39 is 0 Å². The van der Waals surface area contributed by atoms with E-state index in [0.717, 1.165) is 18.4 Å². The summed E-state index contributed by atoms with van der Waals surface area (Å²) in [6.45, 7) is 2.46. The van der Waals surface area contributed by atoms with Crippen molar-refractivity contribution in [3.63, 3.8) is 0 Å². The van der Waals surface area contributed by atoms with Crippen LogP contribution in [-0.2, 0) is 9.53 Å². The number of amidine groups is 1. The van der Waals surface area contributed by atoms with Crippen molar-refractivity contribution in [2.75, 3.05) is 0 Å². The molecule has 1 unspecified atom stereocenters. The molecule has 1 aromatic heterocycles. The molecule has 0 bridgehead atoms. The average Bonchev–Trinajstić information content (AvgIpc) is 2.29.